The van der Waals surface area contributed by atoms with E-state index in [1.165, 1.54) is 212 Å². The summed E-state index contributed by atoms with van der Waals surface area (Å²) in [7, 11) is -1.37. The number of unbranched alkanes of at least 4 members (excludes halogenated alkanes) is 22. The Bertz CT molecular complexity index is 1510. The van der Waals surface area contributed by atoms with E-state index in [1.807, 2.05) is 0 Å². The Balaban J connectivity index is 1.14. The average molecular weight is 834 g/mol. The maximum absolute atomic E-state index is 2.74. The van der Waals surface area contributed by atoms with Gasteiger partial charge in [0.05, 0.1) is 18.5 Å². The van der Waals surface area contributed by atoms with Gasteiger partial charge < -0.3 is 0 Å². The van der Waals surface area contributed by atoms with Crippen LogP contribution in [0, 0.1) is 5.92 Å². The molecule has 0 saturated carbocycles. The molecule has 1 atom stereocenters. The van der Waals surface area contributed by atoms with Crippen LogP contribution in [-0.4, -0.2) is 31.3 Å². The van der Waals surface area contributed by atoms with E-state index in [9.17, 15) is 0 Å². The SMILES string of the molecule is CCCCCCCCCCCCCCCCCCCCCC[P+](C)(CCCCCCP(c1ccccc1-c1ccccc1)c1ccccc1-c1ccccc1)CC(C)C. The molecular formula is C57H87P2+. The van der Waals surface area contributed by atoms with E-state index in [0.717, 1.165) is 5.92 Å². The van der Waals surface area contributed by atoms with Gasteiger partial charge in [0.2, 0.25) is 0 Å². The maximum Gasteiger partial charge on any atom is 0.0614 e. The molecule has 0 aliphatic carbocycles. The summed E-state index contributed by atoms with van der Waals surface area (Å²) < 4.78 is 0. The van der Waals surface area contributed by atoms with Crippen LogP contribution in [0.2, 0.25) is 0 Å². The summed E-state index contributed by atoms with van der Waals surface area (Å²) in [5, 5.41) is 3.06. The van der Waals surface area contributed by atoms with E-state index >= 15 is 0 Å². The predicted molar refractivity (Wildman–Crippen MR) is 274 cm³/mol. The van der Waals surface area contributed by atoms with Gasteiger partial charge in [-0.2, -0.15) is 0 Å². The van der Waals surface area contributed by atoms with Crippen LogP contribution in [0.3, 0.4) is 0 Å². The van der Waals surface area contributed by atoms with Crippen molar-refractivity contribution < 1.29 is 0 Å². The first kappa shape index (κ1) is 49.4. The molecule has 59 heavy (non-hydrogen) atoms. The smallest absolute Gasteiger partial charge is 0.0614 e. The molecule has 0 bridgehead atoms. The molecular weight excluding hydrogens is 747 g/mol. The number of hydrogen-bond donors (Lipinski definition) is 0. The Kier molecular flexibility index (Phi) is 25.7. The van der Waals surface area contributed by atoms with E-state index in [-0.39, 0.29) is 0 Å². The average Bonchev–Trinajstić information content (AvgIpc) is 3.26. The third kappa shape index (κ3) is 20.0. The lowest BCUT2D eigenvalue weighted by atomic mass is 10.0. The van der Waals surface area contributed by atoms with E-state index in [4.69, 9.17) is 0 Å². The summed E-state index contributed by atoms with van der Waals surface area (Å²) in [6.07, 6.45) is 40.5. The minimum Gasteiger partial charge on any atom is -0.0654 e. The Morgan fingerprint density at radius 3 is 1.08 bits per heavy atom. The minimum absolute atomic E-state index is 0.513. The van der Waals surface area contributed by atoms with Crippen molar-refractivity contribution in [3.8, 4) is 22.3 Å². The van der Waals surface area contributed by atoms with Crippen LogP contribution in [0.5, 0.6) is 0 Å². The van der Waals surface area contributed by atoms with Crippen LogP contribution in [0.25, 0.3) is 22.3 Å². The van der Waals surface area contributed by atoms with Crippen LogP contribution in [0.15, 0.2) is 109 Å². The number of benzene rings is 4. The molecule has 0 aliphatic heterocycles. The largest absolute Gasteiger partial charge is 0.0654 e. The van der Waals surface area contributed by atoms with Crippen molar-refractivity contribution in [2.45, 2.75) is 175 Å². The van der Waals surface area contributed by atoms with E-state index < -0.39 is 15.2 Å². The third-order valence-electron chi connectivity index (χ3n) is 12.7. The molecule has 0 fully saturated rings. The van der Waals surface area contributed by atoms with Gasteiger partial charge in [-0.15, -0.1) is 0 Å². The van der Waals surface area contributed by atoms with E-state index in [2.05, 4.69) is 137 Å². The fourth-order valence-corrected chi connectivity index (χ4v) is 16.7. The van der Waals surface area contributed by atoms with Crippen LogP contribution in [-0.2, 0) is 0 Å². The standard InChI is InChI=1S/C57H87P2/c1-5-6-7-8-9-10-11-12-13-14-15-16-17-18-19-20-21-22-24-37-48-59(4,50-51(2)3)49-38-25-23-36-47-58(56-45-34-32-43-54(56)52-39-28-26-29-40-52)57-46-35-33-44-55(57)53-41-30-27-31-42-53/h26-35,39-46,51H,5-25,36-38,47-50H2,1-4H3/q+1. The molecule has 2 heteroatoms. The van der Waals surface area contributed by atoms with Crippen LogP contribution < -0.4 is 10.6 Å². The Labute approximate surface area is 367 Å². The van der Waals surface area contributed by atoms with Crippen LogP contribution in [0.1, 0.15) is 175 Å². The summed E-state index contributed by atoms with van der Waals surface area (Å²) in [5.41, 5.74) is 5.48. The van der Waals surface area contributed by atoms with Gasteiger partial charge in [0.15, 0.2) is 0 Å². The molecule has 1 unspecified atom stereocenters. The highest BCUT2D eigenvalue weighted by Crippen LogP contribution is 2.58. The molecule has 4 rings (SSSR count). The Morgan fingerprint density at radius 1 is 0.390 bits per heavy atom. The summed E-state index contributed by atoms with van der Waals surface area (Å²) in [6.45, 7) is 9.99. The zero-order chi connectivity index (χ0) is 41.6. The van der Waals surface area contributed by atoms with Gasteiger partial charge in [-0.25, -0.2) is 0 Å². The second-order valence-corrected chi connectivity index (χ2v) is 25.5. The second kappa shape index (κ2) is 30.7. The van der Waals surface area contributed by atoms with Crippen LogP contribution in [0.4, 0.5) is 0 Å². The molecule has 0 heterocycles. The lowest BCUT2D eigenvalue weighted by Gasteiger charge is -2.26. The van der Waals surface area contributed by atoms with Crippen molar-refractivity contribution >= 4 is 25.8 Å². The highest BCUT2D eigenvalue weighted by molar-refractivity contribution is 7.75. The summed E-state index contributed by atoms with van der Waals surface area (Å²) in [6, 6.07) is 40.7. The van der Waals surface area contributed by atoms with Crippen molar-refractivity contribution in [3.63, 3.8) is 0 Å². The van der Waals surface area contributed by atoms with Gasteiger partial charge in [-0.1, -0.05) is 252 Å². The molecule has 0 spiro atoms. The highest BCUT2D eigenvalue weighted by Gasteiger charge is 2.31. The summed E-state index contributed by atoms with van der Waals surface area (Å²) in [4.78, 5) is 0. The third-order valence-corrected chi connectivity index (χ3v) is 19.9. The molecule has 0 amide bonds. The van der Waals surface area contributed by atoms with Gasteiger partial charge in [0, 0.05) is 13.9 Å². The van der Waals surface area contributed by atoms with E-state index in [0.29, 0.717) is 0 Å². The normalized spacial score (nSPS) is 12.7. The van der Waals surface area contributed by atoms with Gasteiger partial charge >= 0.3 is 0 Å². The molecule has 0 radical (unpaired) electrons. The number of rotatable bonds is 34. The highest BCUT2D eigenvalue weighted by atomic mass is 31.2. The minimum atomic E-state index is -0.860. The fourth-order valence-electron chi connectivity index (χ4n) is 9.55. The van der Waals surface area contributed by atoms with E-state index in [1.54, 1.807) is 0 Å². The monoisotopic (exact) mass is 834 g/mol. The zero-order valence-corrected chi connectivity index (χ0v) is 40.5. The second-order valence-electron chi connectivity index (χ2n) is 18.7. The molecule has 324 valence electrons. The molecule has 0 aliphatic rings. The van der Waals surface area contributed by atoms with Crippen molar-refractivity contribution in [1.82, 2.24) is 0 Å². The molecule has 0 saturated heterocycles. The first-order valence-electron chi connectivity index (χ1n) is 24.9. The Hall–Kier alpha value is -2.26. The molecule has 0 nitrogen and oxygen atoms in total. The molecule has 4 aromatic rings. The topological polar surface area (TPSA) is 0 Å². The van der Waals surface area contributed by atoms with Crippen molar-refractivity contribution in [2.75, 3.05) is 31.3 Å². The lowest BCUT2D eigenvalue weighted by molar-refractivity contribution is 0.523. The van der Waals surface area contributed by atoms with Crippen molar-refractivity contribution in [2.24, 2.45) is 5.92 Å². The van der Waals surface area contributed by atoms with Crippen molar-refractivity contribution in [1.29, 1.82) is 0 Å². The predicted octanol–water partition coefficient (Wildman–Crippen LogP) is 18.1. The summed E-state index contributed by atoms with van der Waals surface area (Å²) in [5.74, 6) is 0.830. The first-order chi connectivity index (χ1) is 29.0. The maximum atomic E-state index is 2.74. The van der Waals surface area contributed by atoms with Crippen LogP contribution >= 0.6 is 15.2 Å². The lowest BCUT2D eigenvalue weighted by Crippen LogP contribution is -2.18. The Morgan fingerprint density at radius 2 is 0.712 bits per heavy atom. The zero-order valence-electron chi connectivity index (χ0n) is 38.7. The van der Waals surface area contributed by atoms with Gasteiger partial charge in [0.1, 0.15) is 0 Å². The first-order valence-corrected chi connectivity index (χ1v) is 29.2. The quantitative estimate of drug-likeness (QED) is 0.0325. The molecule has 0 N–H and O–H groups in total. The fraction of sp³-hybridized carbons (Fsp3) is 0.579. The van der Waals surface area contributed by atoms with Crippen molar-refractivity contribution in [3.05, 3.63) is 109 Å². The molecule has 4 aromatic carbocycles. The van der Waals surface area contributed by atoms with Gasteiger partial charge in [-0.3, -0.25) is 0 Å². The van der Waals surface area contributed by atoms with Gasteiger partial charge in [-0.05, 0) is 85.0 Å². The number of hydrogen-bond acceptors (Lipinski definition) is 0. The van der Waals surface area contributed by atoms with Gasteiger partial charge in [0.25, 0.3) is 0 Å². The summed E-state index contributed by atoms with van der Waals surface area (Å²) >= 11 is 0. The molecule has 0 aromatic heterocycles.